The molecule has 1 aliphatic heterocycles. The number of benzene rings is 1. The van der Waals surface area contributed by atoms with E-state index in [1.807, 2.05) is 0 Å². The molecule has 0 radical (unpaired) electrons. The van der Waals surface area contributed by atoms with Crippen LogP contribution in [0.3, 0.4) is 0 Å². The van der Waals surface area contributed by atoms with E-state index >= 15 is 0 Å². The van der Waals surface area contributed by atoms with Crippen molar-refractivity contribution in [3.8, 4) is 0 Å². The first-order valence-corrected chi connectivity index (χ1v) is 7.81. The standard InChI is InChI=1S/C17H21FN2O4/c1-11-8-13(18)5-6-14(11)16(22)19(2)10-15(21)20-7-3-4-12(9-20)17(23)24/h5-6,8,12H,3-4,7,9-10H2,1-2H3,(H,23,24). The third-order valence-electron chi connectivity index (χ3n) is 4.26. The summed E-state index contributed by atoms with van der Waals surface area (Å²) < 4.78 is 13.1. The molecule has 6 nitrogen and oxygen atoms in total. The van der Waals surface area contributed by atoms with Gasteiger partial charge in [0.25, 0.3) is 5.91 Å². The molecular weight excluding hydrogens is 315 g/mol. The summed E-state index contributed by atoms with van der Waals surface area (Å²) in [5.41, 5.74) is 0.844. The summed E-state index contributed by atoms with van der Waals surface area (Å²) in [6.45, 7) is 2.17. The van der Waals surface area contributed by atoms with Gasteiger partial charge >= 0.3 is 5.97 Å². The number of rotatable bonds is 4. The monoisotopic (exact) mass is 336 g/mol. The number of hydrogen-bond donors (Lipinski definition) is 1. The maximum atomic E-state index is 13.1. The van der Waals surface area contributed by atoms with Crippen LogP contribution >= 0.6 is 0 Å². The van der Waals surface area contributed by atoms with Gasteiger partial charge in [-0.2, -0.15) is 0 Å². The zero-order chi connectivity index (χ0) is 17.9. The Labute approximate surface area is 139 Å². The lowest BCUT2D eigenvalue weighted by Crippen LogP contribution is -2.47. The number of carbonyl (C=O) groups is 3. The molecule has 0 bridgehead atoms. The fourth-order valence-corrected chi connectivity index (χ4v) is 2.85. The van der Waals surface area contributed by atoms with E-state index in [0.717, 1.165) is 0 Å². The van der Waals surface area contributed by atoms with Crippen molar-refractivity contribution in [2.45, 2.75) is 19.8 Å². The fourth-order valence-electron chi connectivity index (χ4n) is 2.85. The minimum Gasteiger partial charge on any atom is -0.481 e. The minimum atomic E-state index is -0.904. The lowest BCUT2D eigenvalue weighted by atomic mass is 9.98. The topological polar surface area (TPSA) is 77.9 Å². The summed E-state index contributed by atoms with van der Waals surface area (Å²) in [5, 5.41) is 9.08. The highest BCUT2D eigenvalue weighted by atomic mass is 19.1. The molecule has 1 saturated heterocycles. The van der Waals surface area contributed by atoms with E-state index in [9.17, 15) is 18.8 Å². The van der Waals surface area contributed by atoms with Crippen molar-refractivity contribution in [1.29, 1.82) is 0 Å². The molecule has 1 aromatic rings. The molecule has 1 aliphatic rings. The number of aryl methyl sites for hydroxylation is 1. The summed E-state index contributed by atoms with van der Waals surface area (Å²) in [6.07, 6.45) is 1.19. The molecular formula is C17H21FN2O4. The number of likely N-dealkylation sites (N-methyl/N-ethyl adjacent to an activating group) is 1. The Bertz CT molecular complexity index is 662. The third kappa shape index (κ3) is 4.10. The number of piperidine rings is 1. The molecule has 7 heteroatoms. The molecule has 130 valence electrons. The molecule has 24 heavy (non-hydrogen) atoms. The van der Waals surface area contributed by atoms with Gasteiger partial charge in [0.1, 0.15) is 5.82 Å². The first-order valence-electron chi connectivity index (χ1n) is 7.81. The predicted octanol–water partition coefficient (Wildman–Crippen LogP) is 1.53. The second kappa shape index (κ2) is 7.42. The van der Waals surface area contributed by atoms with Gasteiger partial charge in [-0.25, -0.2) is 4.39 Å². The molecule has 1 heterocycles. The van der Waals surface area contributed by atoms with Crippen LogP contribution in [0.4, 0.5) is 4.39 Å². The van der Waals surface area contributed by atoms with E-state index in [2.05, 4.69) is 0 Å². The van der Waals surface area contributed by atoms with Crippen LogP contribution in [0.2, 0.25) is 0 Å². The van der Waals surface area contributed by atoms with Crippen LogP contribution in [0.25, 0.3) is 0 Å². The number of nitrogens with zero attached hydrogens (tertiary/aromatic N) is 2. The Hall–Kier alpha value is -2.44. The molecule has 0 aromatic heterocycles. The number of likely N-dealkylation sites (tertiary alicyclic amines) is 1. The van der Waals surface area contributed by atoms with Gasteiger partial charge in [0.2, 0.25) is 5.91 Å². The first-order chi connectivity index (χ1) is 11.3. The lowest BCUT2D eigenvalue weighted by Gasteiger charge is -2.32. The number of carboxylic acids is 1. The number of carboxylic acid groups (broad SMARTS) is 1. The van der Waals surface area contributed by atoms with Gasteiger partial charge in [0, 0.05) is 25.7 Å². The lowest BCUT2D eigenvalue weighted by molar-refractivity contribution is -0.145. The average molecular weight is 336 g/mol. The van der Waals surface area contributed by atoms with Gasteiger partial charge in [0.05, 0.1) is 12.5 Å². The van der Waals surface area contributed by atoms with Crippen molar-refractivity contribution >= 4 is 17.8 Å². The van der Waals surface area contributed by atoms with Gasteiger partial charge < -0.3 is 14.9 Å². The second-order valence-electron chi connectivity index (χ2n) is 6.14. The van der Waals surface area contributed by atoms with Crippen molar-refractivity contribution in [2.75, 3.05) is 26.7 Å². The summed E-state index contributed by atoms with van der Waals surface area (Å²) in [6, 6.07) is 3.87. The molecule has 1 fully saturated rings. The largest absolute Gasteiger partial charge is 0.481 e. The maximum Gasteiger partial charge on any atom is 0.308 e. The molecule has 1 N–H and O–H groups in total. The average Bonchev–Trinajstić information content (AvgIpc) is 2.54. The van der Waals surface area contributed by atoms with Crippen molar-refractivity contribution in [2.24, 2.45) is 5.92 Å². The first kappa shape index (κ1) is 17.9. The SMILES string of the molecule is Cc1cc(F)ccc1C(=O)N(C)CC(=O)N1CCCC(C(=O)O)C1. The van der Waals surface area contributed by atoms with Crippen molar-refractivity contribution in [3.63, 3.8) is 0 Å². The number of hydrogen-bond acceptors (Lipinski definition) is 3. The van der Waals surface area contributed by atoms with Crippen LogP contribution in [-0.2, 0) is 9.59 Å². The second-order valence-corrected chi connectivity index (χ2v) is 6.14. The van der Waals surface area contributed by atoms with Crippen LogP contribution in [0.1, 0.15) is 28.8 Å². The van der Waals surface area contributed by atoms with Crippen LogP contribution in [0.15, 0.2) is 18.2 Å². The molecule has 1 aromatic carbocycles. The fraction of sp³-hybridized carbons (Fsp3) is 0.471. The highest BCUT2D eigenvalue weighted by Gasteiger charge is 2.29. The molecule has 1 unspecified atom stereocenters. The van der Waals surface area contributed by atoms with Gasteiger partial charge in [-0.3, -0.25) is 14.4 Å². The zero-order valence-electron chi connectivity index (χ0n) is 13.8. The zero-order valence-corrected chi connectivity index (χ0v) is 13.8. The van der Waals surface area contributed by atoms with E-state index in [1.54, 1.807) is 6.92 Å². The molecule has 2 amide bonds. The van der Waals surface area contributed by atoms with Crippen molar-refractivity contribution < 1.29 is 23.9 Å². The number of amides is 2. The molecule has 0 saturated carbocycles. The summed E-state index contributed by atoms with van der Waals surface area (Å²) >= 11 is 0. The van der Waals surface area contributed by atoms with E-state index in [-0.39, 0.29) is 24.9 Å². The molecule has 0 aliphatic carbocycles. The number of carbonyl (C=O) groups excluding carboxylic acids is 2. The summed E-state index contributed by atoms with van der Waals surface area (Å²) in [7, 11) is 1.50. The predicted molar refractivity (Wildman–Crippen MR) is 85.0 cm³/mol. The van der Waals surface area contributed by atoms with E-state index in [1.165, 1.54) is 35.0 Å². The summed E-state index contributed by atoms with van der Waals surface area (Å²) in [4.78, 5) is 38.6. The van der Waals surface area contributed by atoms with Crippen LogP contribution in [0, 0.1) is 18.7 Å². The smallest absolute Gasteiger partial charge is 0.308 e. The Morgan fingerprint density at radius 2 is 2.08 bits per heavy atom. The number of aliphatic carboxylic acids is 1. The van der Waals surface area contributed by atoms with Crippen LogP contribution in [-0.4, -0.2) is 59.4 Å². The van der Waals surface area contributed by atoms with Crippen LogP contribution < -0.4 is 0 Å². The Kier molecular flexibility index (Phi) is 5.54. The van der Waals surface area contributed by atoms with Crippen LogP contribution in [0.5, 0.6) is 0 Å². The van der Waals surface area contributed by atoms with Gasteiger partial charge in [-0.1, -0.05) is 0 Å². The van der Waals surface area contributed by atoms with E-state index < -0.39 is 17.7 Å². The van der Waals surface area contributed by atoms with Gasteiger partial charge in [-0.15, -0.1) is 0 Å². The number of halogens is 1. The van der Waals surface area contributed by atoms with Crippen molar-refractivity contribution in [1.82, 2.24) is 9.80 Å². The quantitative estimate of drug-likeness (QED) is 0.904. The Balaban J connectivity index is 2.00. The van der Waals surface area contributed by atoms with Crippen molar-refractivity contribution in [3.05, 3.63) is 35.1 Å². The third-order valence-corrected chi connectivity index (χ3v) is 4.26. The Morgan fingerprint density at radius 1 is 1.38 bits per heavy atom. The summed E-state index contributed by atoms with van der Waals surface area (Å²) in [5.74, 6) is -2.53. The van der Waals surface area contributed by atoms with Gasteiger partial charge in [-0.05, 0) is 43.5 Å². The molecule has 0 spiro atoms. The minimum absolute atomic E-state index is 0.137. The highest BCUT2D eigenvalue weighted by Crippen LogP contribution is 2.17. The highest BCUT2D eigenvalue weighted by molar-refractivity contribution is 5.97. The van der Waals surface area contributed by atoms with E-state index in [0.29, 0.717) is 30.5 Å². The maximum absolute atomic E-state index is 13.1. The Morgan fingerprint density at radius 3 is 2.71 bits per heavy atom. The molecule has 1 atom stereocenters. The molecule has 2 rings (SSSR count). The van der Waals surface area contributed by atoms with Gasteiger partial charge in [0.15, 0.2) is 0 Å². The normalized spacial score (nSPS) is 17.5. The van der Waals surface area contributed by atoms with E-state index in [4.69, 9.17) is 5.11 Å².